The summed E-state index contributed by atoms with van der Waals surface area (Å²) in [6.45, 7) is 5.14. The Bertz CT molecular complexity index is 181. The number of carbonyl (C=O) groups excluding carboxylic acids is 1. The van der Waals surface area contributed by atoms with Crippen molar-refractivity contribution in [3.63, 3.8) is 0 Å². The summed E-state index contributed by atoms with van der Waals surface area (Å²) in [6.07, 6.45) is 3.44. The van der Waals surface area contributed by atoms with Gasteiger partial charge in [0.2, 0.25) is 5.91 Å². The van der Waals surface area contributed by atoms with E-state index in [4.69, 9.17) is 10.8 Å². The van der Waals surface area contributed by atoms with E-state index in [1.807, 2.05) is 13.8 Å². The second-order valence-corrected chi connectivity index (χ2v) is 4.70. The van der Waals surface area contributed by atoms with Crippen molar-refractivity contribution in [3.8, 4) is 0 Å². The maximum Gasteiger partial charge on any atom is 0.220 e. The van der Waals surface area contributed by atoms with E-state index in [-0.39, 0.29) is 17.9 Å². The Labute approximate surface area is 92.2 Å². The summed E-state index contributed by atoms with van der Waals surface area (Å²) in [4.78, 5) is 11.3. The van der Waals surface area contributed by atoms with Gasteiger partial charge in [0.15, 0.2) is 0 Å². The normalized spacial score (nSPS) is 11.5. The van der Waals surface area contributed by atoms with Crippen LogP contribution in [0.1, 0.15) is 39.5 Å². The third kappa shape index (κ3) is 8.39. The highest BCUT2D eigenvalue weighted by Crippen LogP contribution is 2.11. The maximum atomic E-state index is 11.3. The first-order valence-corrected chi connectivity index (χ1v) is 5.59. The molecule has 90 valence electrons. The topological polar surface area (TPSA) is 75.3 Å². The predicted molar refractivity (Wildman–Crippen MR) is 61.4 cm³/mol. The molecule has 0 spiro atoms. The van der Waals surface area contributed by atoms with Gasteiger partial charge in [-0.3, -0.25) is 4.79 Å². The van der Waals surface area contributed by atoms with Crippen LogP contribution in [0.25, 0.3) is 0 Å². The molecule has 0 radical (unpaired) electrons. The highest BCUT2D eigenvalue weighted by Gasteiger charge is 2.16. The zero-order valence-electron chi connectivity index (χ0n) is 9.88. The Balaban J connectivity index is 3.49. The Morgan fingerprint density at radius 2 is 2.00 bits per heavy atom. The van der Waals surface area contributed by atoms with Crippen molar-refractivity contribution in [1.29, 1.82) is 0 Å². The molecule has 0 unspecified atom stereocenters. The SMILES string of the molecule is CC(C)(CO)CNC(=O)CCCCCN. The molecular formula is C11H24N2O2. The number of nitrogens with one attached hydrogen (secondary N) is 1. The summed E-state index contributed by atoms with van der Waals surface area (Å²) in [5.41, 5.74) is 5.12. The Morgan fingerprint density at radius 3 is 2.53 bits per heavy atom. The summed E-state index contributed by atoms with van der Waals surface area (Å²) in [5, 5.41) is 11.8. The molecule has 0 aromatic rings. The van der Waals surface area contributed by atoms with E-state index in [0.29, 0.717) is 19.5 Å². The minimum atomic E-state index is -0.229. The van der Waals surface area contributed by atoms with Gasteiger partial charge >= 0.3 is 0 Å². The molecule has 0 saturated heterocycles. The quantitative estimate of drug-likeness (QED) is 0.521. The van der Waals surface area contributed by atoms with Gasteiger partial charge in [0, 0.05) is 25.0 Å². The Kier molecular flexibility index (Phi) is 7.34. The largest absolute Gasteiger partial charge is 0.396 e. The lowest BCUT2D eigenvalue weighted by molar-refractivity contribution is -0.121. The zero-order valence-corrected chi connectivity index (χ0v) is 9.88. The minimum Gasteiger partial charge on any atom is -0.396 e. The molecule has 0 saturated carbocycles. The van der Waals surface area contributed by atoms with Crippen LogP contribution in [0.3, 0.4) is 0 Å². The Morgan fingerprint density at radius 1 is 1.33 bits per heavy atom. The van der Waals surface area contributed by atoms with Gasteiger partial charge in [-0.2, -0.15) is 0 Å². The van der Waals surface area contributed by atoms with Crippen LogP contribution in [0.5, 0.6) is 0 Å². The Hall–Kier alpha value is -0.610. The van der Waals surface area contributed by atoms with Crippen LogP contribution in [-0.2, 0) is 4.79 Å². The molecule has 0 fully saturated rings. The first-order chi connectivity index (χ1) is 7.02. The lowest BCUT2D eigenvalue weighted by atomic mass is 9.95. The molecule has 0 aliphatic rings. The number of hydrogen-bond acceptors (Lipinski definition) is 3. The number of rotatable bonds is 8. The lowest BCUT2D eigenvalue weighted by Crippen LogP contribution is -2.35. The minimum absolute atomic E-state index is 0.0635. The molecule has 0 heterocycles. The highest BCUT2D eigenvalue weighted by atomic mass is 16.3. The van der Waals surface area contributed by atoms with Crippen molar-refractivity contribution >= 4 is 5.91 Å². The predicted octanol–water partition coefficient (Wildman–Crippen LogP) is 0.640. The summed E-state index contributed by atoms with van der Waals surface area (Å²) in [7, 11) is 0. The average Bonchev–Trinajstić information content (AvgIpc) is 2.22. The fraction of sp³-hybridized carbons (Fsp3) is 0.909. The molecule has 0 aliphatic carbocycles. The van der Waals surface area contributed by atoms with Crippen LogP contribution >= 0.6 is 0 Å². The molecule has 0 rings (SSSR count). The second kappa shape index (κ2) is 7.65. The van der Waals surface area contributed by atoms with Crippen molar-refractivity contribution < 1.29 is 9.90 Å². The van der Waals surface area contributed by atoms with Crippen molar-refractivity contribution in [2.75, 3.05) is 19.7 Å². The standard InChI is InChI=1S/C11H24N2O2/c1-11(2,9-14)8-13-10(15)6-4-3-5-7-12/h14H,3-9,12H2,1-2H3,(H,13,15). The average molecular weight is 216 g/mol. The zero-order chi connectivity index (χ0) is 11.7. The molecule has 4 heteroatoms. The van der Waals surface area contributed by atoms with E-state index >= 15 is 0 Å². The number of nitrogens with two attached hydrogens (primary N) is 1. The van der Waals surface area contributed by atoms with Crippen molar-refractivity contribution in [1.82, 2.24) is 5.32 Å². The van der Waals surface area contributed by atoms with Crippen LogP contribution in [0, 0.1) is 5.41 Å². The third-order valence-electron chi connectivity index (χ3n) is 2.30. The monoisotopic (exact) mass is 216 g/mol. The van der Waals surface area contributed by atoms with Gasteiger partial charge in [-0.05, 0) is 19.4 Å². The molecule has 4 nitrogen and oxygen atoms in total. The van der Waals surface area contributed by atoms with Gasteiger partial charge < -0.3 is 16.2 Å². The molecule has 0 bridgehead atoms. The van der Waals surface area contributed by atoms with E-state index in [1.54, 1.807) is 0 Å². The summed E-state index contributed by atoms with van der Waals surface area (Å²) >= 11 is 0. The molecular weight excluding hydrogens is 192 g/mol. The number of unbranched alkanes of at least 4 members (excludes halogenated alkanes) is 2. The van der Waals surface area contributed by atoms with E-state index < -0.39 is 0 Å². The van der Waals surface area contributed by atoms with Crippen LogP contribution in [-0.4, -0.2) is 30.7 Å². The van der Waals surface area contributed by atoms with Crippen molar-refractivity contribution in [2.45, 2.75) is 39.5 Å². The first-order valence-electron chi connectivity index (χ1n) is 5.59. The number of amides is 1. The summed E-state index contributed by atoms with van der Waals surface area (Å²) in [5.74, 6) is 0.0635. The fourth-order valence-electron chi connectivity index (χ4n) is 1.09. The number of hydrogen-bond donors (Lipinski definition) is 3. The first kappa shape index (κ1) is 14.4. The molecule has 0 aliphatic heterocycles. The van der Waals surface area contributed by atoms with Crippen LogP contribution < -0.4 is 11.1 Å². The van der Waals surface area contributed by atoms with Crippen molar-refractivity contribution in [2.24, 2.45) is 11.1 Å². The smallest absolute Gasteiger partial charge is 0.220 e. The highest BCUT2D eigenvalue weighted by molar-refractivity contribution is 5.75. The van der Waals surface area contributed by atoms with E-state index in [1.165, 1.54) is 0 Å². The number of aliphatic hydroxyl groups excluding tert-OH is 1. The third-order valence-corrected chi connectivity index (χ3v) is 2.30. The van der Waals surface area contributed by atoms with Gasteiger partial charge in [-0.15, -0.1) is 0 Å². The van der Waals surface area contributed by atoms with Gasteiger partial charge in [0.1, 0.15) is 0 Å². The van der Waals surface area contributed by atoms with Crippen LogP contribution in [0.15, 0.2) is 0 Å². The van der Waals surface area contributed by atoms with Crippen LogP contribution in [0.4, 0.5) is 0 Å². The fourth-order valence-corrected chi connectivity index (χ4v) is 1.09. The maximum absolute atomic E-state index is 11.3. The van der Waals surface area contributed by atoms with E-state index in [9.17, 15) is 4.79 Å². The summed E-state index contributed by atoms with van der Waals surface area (Å²) < 4.78 is 0. The lowest BCUT2D eigenvalue weighted by Gasteiger charge is -2.21. The molecule has 0 atom stereocenters. The molecule has 0 aromatic carbocycles. The molecule has 15 heavy (non-hydrogen) atoms. The molecule has 4 N–H and O–H groups in total. The second-order valence-electron chi connectivity index (χ2n) is 4.70. The van der Waals surface area contributed by atoms with E-state index in [0.717, 1.165) is 19.3 Å². The summed E-state index contributed by atoms with van der Waals surface area (Å²) in [6, 6.07) is 0. The van der Waals surface area contributed by atoms with Gasteiger partial charge in [0.05, 0.1) is 0 Å². The van der Waals surface area contributed by atoms with E-state index in [2.05, 4.69) is 5.32 Å². The molecule has 1 amide bonds. The molecule has 0 aromatic heterocycles. The number of carbonyl (C=O) groups is 1. The van der Waals surface area contributed by atoms with Gasteiger partial charge in [0.25, 0.3) is 0 Å². The number of aliphatic hydroxyl groups is 1. The van der Waals surface area contributed by atoms with Crippen LogP contribution in [0.2, 0.25) is 0 Å². The van der Waals surface area contributed by atoms with Crippen molar-refractivity contribution in [3.05, 3.63) is 0 Å². The van der Waals surface area contributed by atoms with Gasteiger partial charge in [-0.25, -0.2) is 0 Å². The van der Waals surface area contributed by atoms with Gasteiger partial charge in [-0.1, -0.05) is 20.3 Å².